The standard InChI is InChI=1S/C9H12Br2N2O2S/c1-6(5-12)16(14,15)13-9-4-7(10)2-3-8(9)11/h2-4,6,13H,5,12H2,1H3. The van der Waals surface area contributed by atoms with Crippen molar-refractivity contribution in [2.45, 2.75) is 12.2 Å². The van der Waals surface area contributed by atoms with Gasteiger partial charge in [-0.05, 0) is 41.1 Å². The topological polar surface area (TPSA) is 72.2 Å². The Balaban J connectivity index is 3.01. The summed E-state index contributed by atoms with van der Waals surface area (Å²) in [4.78, 5) is 0. The van der Waals surface area contributed by atoms with Crippen LogP contribution < -0.4 is 10.5 Å². The third kappa shape index (κ3) is 3.44. The lowest BCUT2D eigenvalue weighted by Crippen LogP contribution is -2.31. The third-order valence-corrected chi connectivity index (χ3v) is 4.98. The average Bonchev–Trinajstić information content (AvgIpc) is 2.22. The molecule has 0 aliphatic carbocycles. The second kappa shape index (κ2) is 5.48. The summed E-state index contributed by atoms with van der Waals surface area (Å²) in [5.41, 5.74) is 5.83. The zero-order chi connectivity index (χ0) is 12.3. The number of benzene rings is 1. The van der Waals surface area contributed by atoms with Crippen LogP contribution in [0.5, 0.6) is 0 Å². The van der Waals surface area contributed by atoms with Crippen LogP contribution in [0.15, 0.2) is 27.1 Å². The zero-order valence-electron chi connectivity index (χ0n) is 8.57. The summed E-state index contributed by atoms with van der Waals surface area (Å²) in [6.07, 6.45) is 0. The normalized spacial score (nSPS) is 13.5. The van der Waals surface area contributed by atoms with Gasteiger partial charge in [0.05, 0.1) is 10.9 Å². The molecule has 1 rings (SSSR count). The number of hydrogen-bond donors (Lipinski definition) is 2. The summed E-state index contributed by atoms with van der Waals surface area (Å²) in [6, 6.07) is 5.26. The number of rotatable bonds is 4. The van der Waals surface area contributed by atoms with Crippen molar-refractivity contribution in [1.82, 2.24) is 0 Å². The van der Waals surface area contributed by atoms with Gasteiger partial charge in [-0.3, -0.25) is 4.72 Å². The van der Waals surface area contributed by atoms with Crippen LogP contribution in [0.1, 0.15) is 6.92 Å². The van der Waals surface area contributed by atoms with Gasteiger partial charge in [-0.25, -0.2) is 8.42 Å². The molecule has 0 fully saturated rings. The van der Waals surface area contributed by atoms with Crippen molar-refractivity contribution in [3.8, 4) is 0 Å². The average molecular weight is 372 g/mol. The Morgan fingerprint density at radius 2 is 2.06 bits per heavy atom. The summed E-state index contributed by atoms with van der Waals surface area (Å²) in [5, 5.41) is -0.626. The van der Waals surface area contributed by atoms with Gasteiger partial charge in [0.15, 0.2) is 0 Å². The van der Waals surface area contributed by atoms with E-state index in [-0.39, 0.29) is 6.54 Å². The summed E-state index contributed by atoms with van der Waals surface area (Å²) in [5.74, 6) is 0. The molecule has 1 aromatic carbocycles. The SMILES string of the molecule is CC(CN)S(=O)(=O)Nc1cc(Br)ccc1Br. The molecule has 7 heteroatoms. The first-order chi connectivity index (χ1) is 7.36. The van der Waals surface area contributed by atoms with Gasteiger partial charge in [0.1, 0.15) is 0 Å². The Morgan fingerprint density at radius 3 is 2.62 bits per heavy atom. The van der Waals surface area contributed by atoms with E-state index in [1.54, 1.807) is 19.1 Å². The molecule has 1 unspecified atom stereocenters. The summed E-state index contributed by atoms with van der Waals surface area (Å²) < 4.78 is 27.5. The highest BCUT2D eigenvalue weighted by Gasteiger charge is 2.19. The highest BCUT2D eigenvalue weighted by Crippen LogP contribution is 2.27. The lowest BCUT2D eigenvalue weighted by molar-refractivity contribution is 0.589. The Bertz CT molecular complexity index is 476. The van der Waals surface area contributed by atoms with Gasteiger partial charge in [-0.2, -0.15) is 0 Å². The molecule has 0 aliphatic rings. The largest absolute Gasteiger partial charge is 0.329 e. The minimum absolute atomic E-state index is 0.0843. The molecule has 1 aromatic rings. The van der Waals surface area contributed by atoms with Gasteiger partial charge in [0.2, 0.25) is 10.0 Å². The molecule has 4 nitrogen and oxygen atoms in total. The Hall–Kier alpha value is -0.110. The maximum absolute atomic E-state index is 11.8. The molecule has 0 saturated heterocycles. The number of hydrogen-bond acceptors (Lipinski definition) is 3. The van der Waals surface area contributed by atoms with Crippen LogP contribution in [0.4, 0.5) is 5.69 Å². The number of nitrogens with one attached hydrogen (secondary N) is 1. The predicted octanol–water partition coefficient (Wildman–Crippen LogP) is 2.30. The van der Waals surface area contributed by atoms with Crippen LogP contribution >= 0.6 is 31.9 Å². The Kier molecular flexibility index (Phi) is 4.78. The zero-order valence-corrected chi connectivity index (χ0v) is 12.6. The van der Waals surface area contributed by atoms with E-state index in [0.717, 1.165) is 4.47 Å². The minimum Gasteiger partial charge on any atom is -0.329 e. The highest BCUT2D eigenvalue weighted by atomic mass is 79.9. The predicted molar refractivity (Wildman–Crippen MR) is 72.9 cm³/mol. The molecule has 90 valence electrons. The number of halogens is 2. The summed E-state index contributed by atoms with van der Waals surface area (Å²) in [6.45, 7) is 1.65. The van der Waals surface area contributed by atoms with Crippen molar-refractivity contribution >= 4 is 47.6 Å². The summed E-state index contributed by atoms with van der Waals surface area (Å²) in [7, 11) is -3.43. The highest BCUT2D eigenvalue weighted by molar-refractivity contribution is 9.11. The fourth-order valence-corrected chi connectivity index (χ4v) is 2.72. The monoisotopic (exact) mass is 370 g/mol. The fraction of sp³-hybridized carbons (Fsp3) is 0.333. The van der Waals surface area contributed by atoms with Gasteiger partial charge < -0.3 is 5.73 Å². The van der Waals surface area contributed by atoms with Gasteiger partial charge in [0.25, 0.3) is 0 Å². The van der Waals surface area contributed by atoms with Crippen molar-refractivity contribution in [2.75, 3.05) is 11.3 Å². The molecule has 0 heterocycles. The molecular formula is C9H12Br2N2O2S. The number of sulfonamides is 1. The van der Waals surface area contributed by atoms with Gasteiger partial charge in [0, 0.05) is 15.5 Å². The smallest absolute Gasteiger partial charge is 0.236 e. The van der Waals surface area contributed by atoms with E-state index in [2.05, 4.69) is 36.6 Å². The molecule has 0 spiro atoms. The summed E-state index contributed by atoms with van der Waals surface area (Å²) >= 11 is 6.55. The van der Waals surface area contributed by atoms with E-state index in [0.29, 0.717) is 10.2 Å². The molecule has 0 saturated carbocycles. The minimum atomic E-state index is -3.43. The third-order valence-electron chi connectivity index (χ3n) is 2.04. The van der Waals surface area contributed by atoms with Crippen molar-refractivity contribution < 1.29 is 8.42 Å². The van der Waals surface area contributed by atoms with Crippen molar-refractivity contribution in [1.29, 1.82) is 0 Å². The van der Waals surface area contributed by atoms with Gasteiger partial charge in [-0.15, -0.1) is 0 Å². The van der Waals surface area contributed by atoms with Crippen molar-refractivity contribution in [3.05, 3.63) is 27.1 Å². The molecule has 16 heavy (non-hydrogen) atoms. The van der Waals surface area contributed by atoms with Crippen molar-refractivity contribution in [2.24, 2.45) is 5.73 Å². The molecule has 0 amide bonds. The van der Waals surface area contributed by atoms with E-state index >= 15 is 0 Å². The lowest BCUT2D eigenvalue weighted by Gasteiger charge is -2.14. The number of anilines is 1. The first kappa shape index (κ1) is 14.0. The maximum Gasteiger partial charge on any atom is 0.236 e. The van der Waals surface area contributed by atoms with Gasteiger partial charge >= 0.3 is 0 Å². The van der Waals surface area contributed by atoms with Crippen molar-refractivity contribution in [3.63, 3.8) is 0 Å². The Morgan fingerprint density at radius 1 is 1.44 bits per heavy atom. The maximum atomic E-state index is 11.8. The number of nitrogens with two attached hydrogens (primary N) is 1. The van der Waals surface area contributed by atoms with E-state index in [4.69, 9.17) is 5.73 Å². The Labute approximate surface area is 112 Å². The van der Waals surface area contributed by atoms with Crippen LogP contribution in [-0.4, -0.2) is 20.2 Å². The van der Waals surface area contributed by atoms with Crippen LogP contribution in [0.2, 0.25) is 0 Å². The van der Waals surface area contributed by atoms with Gasteiger partial charge in [-0.1, -0.05) is 15.9 Å². The molecule has 0 bridgehead atoms. The van der Waals surface area contributed by atoms with E-state index < -0.39 is 15.3 Å². The van der Waals surface area contributed by atoms with E-state index in [1.165, 1.54) is 0 Å². The van der Waals surface area contributed by atoms with E-state index in [9.17, 15) is 8.42 Å². The van der Waals surface area contributed by atoms with Crippen LogP contribution in [0.25, 0.3) is 0 Å². The van der Waals surface area contributed by atoms with E-state index in [1.807, 2.05) is 6.07 Å². The molecule has 0 aromatic heterocycles. The molecule has 3 N–H and O–H groups in total. The molecule has 1 atom stereocenters. The lowest BCUT2D eigenvalue weighted by atomic mass is 10.3. The van der Waals surface area contributed by atoms with Crippen LogP contribution in [0, 0.1) is 0 Å². The first-order valence-corrected chi connectivity index (χ1v) is 7.67. The quantitative estimate of drug-likeness (QED) is 0.852. The van der Waals surface area contributed by atoms with Crippen LogP contribution in [0.3, 0.4) is 0 Å². The molecule has 0 aliphatic heterocycles. The first-order valence-electron chi connectivity index (χ1n) is 4.53. The van der Waals surface area contributed by atoms with Crippen LogP contribution in [-0.2, 0) is 10.0 Å². The second-order valence-electron chi connectivity index (χ2n) is 3.32. The molecular weight excluding hydrogens is 360 g/mol. The second-order valence-corrected chi connectivity index (χ2v) is 7.19. The fourth-order valence-electron chi connectivity index (χ4n) is 0.956. The molecule has 0 radical (unpaired) electrons.